The molecular weight excluding hydrogens is 493 g/mol. The molecule has 2 saturated heterocycles. The summed E-state index contributed by atoms with van der Waals surface area (Å²) in [4.78, 5) is 68.2. The van der Waals surface area contributed by atoms with E-state index in [0.29, 0.717) is 5.56 Å². The predicted octanol–water partition coefficient (Wildman–Crippen LogP) is 3.70. The van der Waals surface area contributed by atoms with Gasteiger partial charge in [-0.05, 0) is 48.9 Å². The molecule has 38 heavy (non-hydrogen) atoms. The van der Waals surface area contributed by atoms with Gasteiger partial charge in [-0.1, -0.05) is 36.4 Å². The van der Waals surface area contributed by atoms with Crippen LogP contribution in [0.5, 0.6) is 0 Å². The van der Waals surface area contributed by atoms with Gasteiger partial charge in [0.15, 0.2) is 0 Å². The van der Waals surface area contributed by atoms with Crippen LogP contribution in [-0.4, -0.2) is 41.6 Å². The Morgan fingerprint density at radius 2 is 1.50 bits per heavy atom. The Labute approximate surface area is 216 Å². The molecule has 3 aliphatic rings. The molecule has 190 valence electrons. The molecule has 3 unspecified atom stereocenters. The monoisotopic (exact) mass is 513 g/mol. The maximum absolute atomic E-state index is 13.9. The minimum Gasteiger partial charge on any atom is -0.462 e. The molecule has 8 nitrogen and oxygen atoms in total. The van der Waals surface area contributed by atoms with Crippen LogP contribution in [0, 0.1) is 17.7 Å². The maximum atomic E-state index is 13.9. The first kappa shape index (κ1) is 23.9. The molecule has 1 spiro atoms. The summed E-state index contributed by atoms with van der Waals surface area (Å²) in [5, 5.41) is 0. The number of ketones is 2. The number of fused-ring (bicyclic) bond motifs is 3. The zero-order valence-corrected chi connectivity index (χ0v) is 20.1. The molecule has 0 N–H and O–H groups in total. The minimum absolute atomic E-state index is 0.119. The van der Waals surface area contributed by atoms with Crippen molar-refractivity contribution >= 4 is 35.0 Å². The van der Waals surface area contributed by atoms with Gasteiger partial charge in [0.1, 0.15) is 5.82 Å². The highest BCUT2D eigenvalue weighted by Gasteiger charge is 2.74. The number of benzene rings is 3. The van der Waals surface area contributed by atoms with Gasteiger partial charge in [-0.25, -0.2) is 14.1 Å². The van der Waals surface area contributed by atoms with Crippen molar-refractivity contribution in [2.24, 2.45) is 11.8 Å². The van der Waals surface area contributed by atoms with Crippen molar-refractivity contribution in [1.29, 1.82) is 0 Å². The van der Waals surface area contributed by atoms with Crippen molar-refractivity contribution in [3.05, 3.63) is 101 Å². The quantitative estimate of drug-likeness (QED) is 0.298. The number of hydrogen-bond acceptors (Lipinski definition) is 7. The smallest absolute Gasteiger partial charge is 0.338 e. The van der Waals surface area contributed by atoms with Crippen LogP contribution in [0.15, 0.2) is 72.8 Å². The van der Waals surface area contributed by atoms with Crippen LogP contribution in [0.4, 0.5) is 10.1 Å². The van der Waals surface area contributed by atoms with E-state index in [2.05, 4.69) is 0 Å². The van der Waals surface area contributed by atoms with Crippen molar-refractivity contribution in [2.75, 3.05) is 11.5 Å². The average Bonchev–Trinajstić information content (AvgIpc) is 3.49. The Hall–Kier alpha value is -4.50. The van der Waals surface area contributed by atoms with Crippen molar-refractivity contribution in [3.63, 3.8) is 0 Å². The highest BCUT2D eigenvalue weighted by atomic mass is 19.1. The fraction of sp³-hybridized carbons (Fsp3) is 0.207. The zero-order chi connectivity index (χ0) is 26.8. The van der Waals surface area contributed by atoms with Gasteiger partial charge >= 0.3 is 5.97 Å². The van der Waals surface area contributed by atoms with E-state index in [-0.39, 0.29) is 29.0 Å². The van der Waals surface area contributed by atoms with Crippen molar-refractivity contribution in [2.45, 2.75) is 18.6 Å². The molecule has 0 bridgehead atoms. The second-order valence-electron chi connectivity index (χ2n) is 9.31. The second-order valence-corrected chi connectivity index (χ2v) is 9.31. The van der Waals surface area contributed by atoms with Crippen LogP contribution < -0.4 is 4.90 Å². The van der Waals surface area contributed by atoms with Crippen LogP contribution in [0.3, 0.4) is 0 Å². The summed E-state index contributed by atoms with van der Waals surface area (Å²) in [5.41, 5.74) is -1.22. The lowest BCUT2D eigenvalue weighted by atomic mass is 9.77. The van der Waals surface area contributed by atoms with Gasteiger partial charge in [-0.2, -0.15) is 0 Å². The van der Waals surface area contributed by atoms with Crippen LogP contribution >= 0.6 is 0 Å². The molecule has 9 heteroatoms. The van der Waals surface area contributed by atoms with Crippen LogP contribution in [-0.2, 0) is 19.1 Å². The van der Waals surface area contributed by atoms with E-state index in [1.807, 2.05) is 0 Å². The molecule has 2 amide bonds. The van der Waals surface area contributed by atoms with E-state index in [9.17, 15) is 28.4 Å². The van der Waals surface area contributed by atoms with Crippen LogP contribution in [0.1, 0.15) is 49.7 Å². The third kappa shape index (κ3) is 3.15. The number of esters is 1. The van der Waals surface area contributed by atoms with Crippen LogP contribution in [0.25, 0.3) is 0 Å². The number of carbonyl (C=O) groups is 5. The van der Waals surface area contributed by atoms with Gasteiger partial charge in [-0.15, -0.1) is 0 Å². The first-order valence-corrected chi connectivity index (χ1v) is 12.1. The molecule has 1 aliphatic carbocycles. The first-order chi connectivity index (χ1) is 18.3. The van der Waals surface area contributed by atoms with Gasteiger partial charge in [0.25, 0.3) is 0 Å². The van der Waals surface area contributed by atoms with Gasteiger partial charge in [0.05, 0.1) is 35.8 Å². The van der Waals surface area contributed by atoms with E-state index in [1.54, 1.807) is 19.1 Å². The highest BCUT2D eigenvalue weighted by molar-refractivity contribution is 6.37. The Kier molecular flexibility index (Phi) is 5.36. The molecule has 3 aromatic rings. The van der Waals surface area contributed by atoms with Gasteiger partial charge in [0, 0.05) is 11.1 Å². The van der Waals surface area contributed by atoms with E-state index in [4.69, 9.17) is 9.47 Å². The van der Waals surface area contributed by atoms with Gasteiger partial charge in [0.2, 0.25) is 29.0 Å². The summed E-state index contributed by atoms with van der Waals surface area (Å²) in [5.74, 6) is -6.50. The number of Topliss-reactive ketones (excluding diaryl/α,β-unsaturated/α-hetero) is 2. The number of nitrogens with zero attached hydrogens (tertiary/aromatic N) is 1. The molecule has 2 aliphatic heterocycles. The molecule has 2 heterocycles. The normalized spacial score (nSPS) is 23.2. The highest BCUT2D eigenvalue weighted by Crippen LogP contribution is 2.57. The largest absolute Gasteiger partial charge is 0.462 e. The topological polar surface area (TPSA) is 107 Å². The number of ether oxygens (including phenoxy) is 2. The van der Waals surface area contributed by atoms with E-state index in [0.717, 1.165) is 4.90 Å². The van der Waals surface area contributed by atoms with Crippen LogP contribution in [0.2, 0.25) is 0 Å². The Morgan fingerprint density at radius 1 is 0.895 bits per heavy atom. The first-order valence-electron chi connectivity index (χ1n) is 12.1. The zero-order valence-electron chi connectivity index (χ0n) is 20.1. The number of halogens is 1. The van der Waals surface area contributed by atoms with E-state index < -0.39 is 58.7 Å². The summed E-state index contributed by atoms with van der Waals surface area (Å²) in [6, 6.07) is 17.1. The van der Waals surface area contributed by atoms with E-state index >= 15 is 0 Å². The number of anilines is 1. The summed E-state index contributed by atoms with van der Waals surface area (Å²) in [7, 11) is 0. The maximum Gasteiger partial charge on any atom is 0.338 e. The molecule has 0 radical (unpaired) electrons. The third-order valence-corrected chi connectivity index (χ3v) is 7.35. The lowest BCUT2D eigenvalue weighted by Crippen LogP contribution is -2.51. The number of carbonyl (C=O) groups excluding carboxylic acids is 5. The average molecular weight is 513 g/mol. The summed E-state index contributed by atoms with van der Waals surface area (Å²) in [6.07, 6.45) is -1.15. The molecule has 0 aromatic heterocycles. The number of imide groups is 1. The number of rotatable bonds is 4. The molecule has 3 aromatic carbocycles. The fourth-order valence-electron chi connectivity index (χ4n) is 5.69. The fourth-order valence-corrected chi connectivity index (χ4v) is 5.69. The predicted molar refractivity (Wildman–Crippen MR) is 130 cm³/mol. The lowest BCUT2D eigenvalue weighted by molar-refractivity contribution is -0.127. The summed E-state index contributed by atoms with van der Waals surface area (Å²) >= 11 is 0. The summed E-state index contributed by atoms with van der Waals surface area (Å²) in [6.45, 7) is 1.86. The number of hydrogen-bond donors (Lipinski definition) is 0. The van der Waals surface area contributed by atoms with E-state index in [1.165, 1.54) is 60.7 Å². The standard InChI is InChI=1S/C29H20FNO7/c1-2-37-28(36)16-9-13-18(14-10-16)31-26(34)21-22(27(31)35)29(38-23(21)15-7-11-17(30)12-8-15)24(32)19-5-3-4-6-20(19)25(29)33/h3-14,21-23H,2H2,1H3. The molecule has 6 rings (SSSR count). The molecule has 2 fully saturated rings. The van der Waals surface area contributed by atoms with Gasteiger partial charge in [-0.3, -0.25) is 19.2 Å². The Morgan fingerprint density at radius 3 is 2.08 bits per heavy atom. The molecule has 3 atom stereocenters. The summed E-state index contributed by atoms with van der Waals surface area (Å²) < 4.78 is 24.8. The van der Waals surface area contributed by atoms with Crippen molar-refractivity contribution < 1.29 is 37.8 Å². The minimum atomic E-state index is -2.22. The molecule has 0 saturated carbocycles. The van der Waals surface area contributed by atoms with Gasteiger partial charge < -0.3 is 9.47 Å². The number of amides is 2. The SMILES string of the molecule is CCOC(=O)c1ccc(N2C(=O)C3C(c4ccc(F)cc4)OC4(C(=O)c5ccccc5C4=O)C3C2=O)cc1. The molecular formula is C29H20FNO7. The second kappa shape index (κ2) is 8.53. The third-order valence-electron chi connectivity index (χ3n) is 7.35. The van der Waals surface area contributed by atoms with Crippen molar-refractivity contribution in [3.8, 4) is 0 Å². The lowest BCUT2D eigenvalue weighted by Gasteiger charge is -2.27. The Bertz CT molecular complexity index is 1490. The Balaban J connectivity index is 1.46. The van der Waals surface area contributed by atoms with Crippen molar-refractivity contribution in [1.82, 2.24) is 0 Å².